The molecule has 1 unspecified atom stereocenters. The van der Waals surface area contributed by atoms with E-state index in [0.717, 1.165) is 75.5 Å². The van der Waals surface area contributed by atoms with Gasteiger partial charge in [0.1, 0.15) is 13.2 Å². The van der Waals surface area contributed by atoms with Crippen LogP contribution in [0.1, 0.15) is 324 Å². The molecule has 0 radical (unpaired) electrons. The summed E-state index contributed by atoms with van der Waals surface area (Å²) in [5, 5.41) is 0. The van der Waals surface area contributed by atoms with E-state index in [4.69, 9.17) is 14.2 Å². The summed E-state index contributed by atoms with van der Waals surface area (Å²) in [7, 11) is 0. The van der Waals surface area contributed by atoms with Crippen LogP contribution in [-0.4, -0.2) is 37.2 Å². The average Bonchev–Trinajstić information content (AvgIpc) is 3.28. The molecule has 0 fully saturated rings. The van der Waals surface area contributed by atoms with Gasteiger partial charge in [-0.25, -0.2) is 0 Å². The second-order valence-corrected chi connectivity index (χ2v) is 21.5. The largest absolute Gasteiger partial charge is 0.462 e. The summed E-state index contributed by atoms with van der Waals surface area (Å²) in [5.41, 5.74) is 0. The number of hydrogen-bond acceptors (Lipinski definition) is 6. The van der Waals surface area contributed by atoms with Crippen LogP contribution < -0.4 is 0 Å². The van der Waals surface area contributed by atoms with Crippen molar-refractivity contribution < 1.29 is 28.6 Å². The maximum Gasteiger partial charge on any atom is 0.306 e. The highest BCUT2D eigenvalue weighted by atomic mass is 16.6. The molecular formula is C59H114O6. The second-order valence-electron chi connectivity index (χ2n) is 21.5. The minimum atomic E-state index is -0.764. The van der Waals surface area contributed by atoms with E-state index in [1.165, 1.54) is 205 Å². The molecule has 0 aromatic heterocycles. The van der Waals surface area contributed by atoms with E-state index < -0.39 is 6.10 Å². The van der Waals surface area contributed by atoms with E-state index in [1.807, 2.05) is 0 Å². The minimum Gasteiger partial charge on any atom is -0.462 e. The van der Waals surface area contributed by atoms with Crippen molar-refractivity contribution in [3.63, 3.8) is 0 Å². The fourth-order valence-electron chi connectivity index (χ4n) is 8.97. The topological polar surface area (TPSA) is 78.9 Å². The van der Waals surface area contributed by atoms with Crippen LogP contribution in [0, 0.1) is 17.8 Å². The Kier molecular flexibility index (Phi) is 49.1. The zero-order valence-electron chi connectivity index (χ0n) is 44.8. The van der Waals surface area contributed by atoms with Crippen molar-refractivity contribution in [2.75, 3.05) is 13.2 Å². The third-order valence-electron chi connectivity index (χ3n) is 13.8. The second kappa shape index (κ2) is 50.3. The first-order valence-electron chi connectivity index (χ1n) is 29.1. The van der Waals surface area contributed by atoms with Gasteiger partial charge in [0.25, 0.3) is 0 Å². The monoisotopic (exact) mass is 919 g/mol. The van der Waals surface area contributed by atoms with E-state index in [-0.39, 0.29) is 31.1 Å². The Hall–Kier alpha value is -1.59. The van der Waals surface area contributed by atoms with Crippen LogP contribution >= 0.6 is 0 Å². The van der Waals surface area contributed by atoms with Gasteiger partial charge >= 0.3 is 17.9 Å². The molecule has 0 saturated carbocycles. The number of unbranched alkanes of at least 4 members (excludes halogenated alkanes) is 34. The highest BCUT2D eigenvalue weighted by Crippen LogP contribution is 2.19. The Morgan fingerprint density at radius 1 is 0.308 bits per heavy atom. The van der Waals surface area contributed by atoms with Gasteiger partial charge in [-0.2, -0.15) is 0 Å². The van der Waals surface area contributed by atoms with Gasteiger partial charge in [0.2, 0.25) is 0 Å². The molecule has 0 N–H and O–H groups in total. The molecule has 0 amide bonds. The predicted molar refractivity (Wildman–Crippen MR) is 279 cm³/mol. The Morgan fingerprint density at radius 2 is 0.538 bits per heavy atom. The number of carbonyl (C=O) groups excluding carboxylic acids is 3. The van der Waals surface area contributed by atoms with Crippen molar-refractivity contribution >= 4 is 17.9 Å². The summed E-state index contributed by atoms with van der Waals surface area (Å²) in [6.45, 7) is 13.8. The molecule has 386 valence electrons. The molecule has 0 saturated heterocycles. The van der Waals surface area contributed by atoms with Crippen LogP contribution in [-0.2, 0) is 28.6 Å². The molecule has 0 heterocycles. The lowest BCUT2D eigenvalue weighted by atomic mass is 9.99. The number of esters is 3. The number of carbonyl (C=O) groups is 3. The fraction of sp³-hybridized carbons (Fsp3) is 0.949. The molecule has 0 rings (SSSR count). The Bertz CT molecular complexity index is 1010. The van der Waals surface area contributed by atoms with Gasteiger partial charge in [-0.1, -0.05) is 286 Å². The molecule has 6 nitrogen and oxygen atoms in total. The first-order valence-corrected chi connectivity index (χ1v) is 29.1. The summed E-state index contributed by atoms with van der Waals surface area (Å²) in [5.74, 6) is 1.71. The minimum absolute atomic E-state index is 0.0636. The lowest BCUT2D eigenvalue weighted by Gasteiger charge is -2.18. The first-order chi connectivity index (χ1) is 31.6. The highest BCUT2D eigenvalue weighted by molar-refractivity contribution is 5.71. The molecule has 2 atom stereocenters. The van der Waals surface area contributed by atoms with Crippen LogP contribution in [0.2, 0.25) is 0 Å². The maximum atomic E-state index is 12.8. The lowest BCUT2D eigenvalue weighted by molar-refractivity contribution is -0.167. The molecule has 65 heavy (non-hydrogen) atoms. The van der Waals surface area contributed by atoms with Gasteiger partial charge in [0.15, 0.2) is 6.10 Å². The third-order valence-corrected chi connectivity index (χ3v) is 13.8. The predicted octanol–water partition coefficient (Wildman–Crippen LogP) is 19.1. The van der Waals surface area contributed by atoms with Crippen LogP contribution in [0.25, 0.3) is 0 Å². The summed E-state index contributed by atoms with van der Waals surface area (Å²) in [6.07, 6.45) is 52.3. The number of hydrogen-bond donors (Lipinski definition) is 0. The normalized spacial score (nSPS) is 12.6. The standard InChI is InChI=1S/C59H114O6/c1-7-55(6)47-41-35-29-23-19-20-26-32-38-44-50-59(62)65-56(52-64-58(61)49-43-37-31-25-18-14-13-16-22-28-34-40-46-54(4)5)51-63-57(60)48-42-36-30-24-17-12-10-8-9-11-15-21-27-33-39-45-53(2)3/h53-56H,7-52H2,1-6H3/t55?,56-/m1/s1. The molecule has 0 aliphatic heterocycles. The zero-order chi connectivity index (χ0) is 47.7. The third kappa shape index (κ3) is 51.6. The number of ether oxygens (including phenoxy) is 3. The average molecular weight is 920 g/mol. The van der Waals surface area contributed by atoms with E-state index >= 15 is 0 Å². The van der Waals surface area contributed by atoms with E-state index in [2.05, 4.69) is 41.5 Å². The summed E-state index contributed by atoms with van der Waals surface area (Å²) < 4.78 is 16.9. The lowest BCUT2D eigenvalue weighted by Crippen LogP contribution is -2.30. The number of rotatable bonds is 52. The van der Waals surface area contributed by atoms with Crippen molar-refractivity contribution in [2.45, 2.75) is 330 Å². The summed E-state index contributed by atoms with van der Waals surface area (Å²) in [4.78, 5) is 38.2. The fourth-order valence-corrected chi connectivity index (χ4v) is 8.97. The van der Waals surface area contributed by atoms with Gasteiger partial charge in [-0.05, 0) is 37.0 Å². The molecule has 0 spiro atoms. The summed E-state index contributed by atoms with van der Waals surface area (Å²) >= 11 is 0. The van der Waals surface area contributed by atoms with Crippen molar-refractivity contribution in [3.8, 4) is 0 Å². The summed E-state index contributed by atoms with van der Waals surface area (Å²) in [6, 6.07) is 0. The zero-order valence-corrected chi connectivity index (χ0v) is 44.8. The molecule has 0 aliphatic carbocycles. The van der Waals surface area contributed by atoms with Crippen molar-refractivity contribution in [1.82, 2.24) is 0 Å². The highest BCUT2D eigenvalue weighted by Gasteiger charge is 2.19. The maximum absolute atomic E-state index is 12.8. The smallest absolute Gasteiger partial charge is 0.306 e. The van der Waals surface area contributed by atoms with Gasteiger partial charge in [-0.15, -0.1) is 0 Å². The van der Waals surface area contributed by atoms with E-state index in [0.29, 0.717) is 19.3 Å². The molecule has 6 heteroatoms. The quantitative estimate of drug-likeness (QED) is 0.0344. The van der Waals surface area contributed by atoms with Crippen LogP contribution in [0.15, 0.2) is 0 Å². The van der Waals surface area contributed by atoms with Gasteiger partial charge in [0, 0.05) is 19.3 Å². The Balaban J connectivity index is 4.30. The van der Waals surface area contributed by atoms with Crippen molar-refractivity contribution in [1.29, 1.82) is 0 Å². The van der Waals surface area contributed by atoms with Crippen molar-refractivity contribution in [3.05, 3.63) is 0 Å². The van der Waals surface area contributed by atoms with Crippen molar-refractivity contribution in [2.24, 2.45) is 17.8 Å². The molecule has 0 aromatic rings. The van der Waals surface area contributed by atoms with E-state index in [9.17, 15) is 14.4 Å². The SMILES string of the molecule is CCC(C)CCCCCCCCCCCCC(=O)O[C@H](COC(=O)CCCCCCCCCCCCCCCCCC(C)C)COC(=O)CCCCCCCCCCCCCCC(C)C. The molecular weight excluding hydrogens is 805 g/mol. The van der Waals surface area contributed by atoms with Gasteiger partial charge in [-0.3, -0.25) is 14.4 Å². The first kappa shape index (κ1) is 63.4. The Morgan fingerprint density at radius 3 is 0.800 bits per heavy atom. The molecule has 0 aromatic carbocycles. The van der Waals surface area contributed by atoms with E-state index in [1.54, 1.807) is 0 Å². The Labute approximate surface area is 406 Å². The van der Waals surface area contributed by atoms with Crippen LogP contribution in [0.3, 0.4) is 0 Å². The molecule has 0 bridgehead atoms. The molecule has 0 aliphatic rings. The van der Waals surface area contributed by atoms with Gasteiger partial charge in [0.05, 0.1) is 0 Å². The van der Waals surface area contributed by atoms with Gasteiger partial charge < -0.3 is 14.2 Å². The van der Waals surface area contributed by atoms with Crippen LogP contribution in [0.4, 0.5) is 0 Å². The van der Waals surface area contributed by atoms with Crippen LogP contribution in [0.5, 0.6) is 0 Å².